The molecule has 2 aliphatic rings. The molecule has 0 spiro atoms. The van der Waals surface area contributed by atoms with Crippen molar-refractivity contribution in [2.75, 3.05) is 0 Å². The van der Waals surface area contributed by atoms with Crippen molar-refractivity contribution >= 4 is 32.5 Å². The van der Waals surface area contributed by atoms with Crippen molar-refractivity contribution in [2.24, 2.45) is 0 Å². The molecule has 2 aliphatic heterocycles. The maximum atomic E-state index is 13.7. The van der Waals surface area contributed by atoms with Crippen LogP contribution in [-0.4, -0.2) is 24.3 Å². The molecule has 9 heteroatoms. The fourth-order valence-corrected chi connectivity index (χ4v) is 5.22. The largest absolute Gasteiger partial charge is 0.860 e. The Morgan fingerprint density at radius 3 is 2.88 bits per heavy atom. The predicted octanol–water partition coefficient (Wildman–Crippen LogP) is 3.99. The van der Waals surface area contributed by atoms with Gasteiger partial charge in [-0.3, -0.25) is 4.79 Å². The van der Waals surface area contributed by atoms with Gasteiger partial charge in [0.15, 0.2) is 0 Å². The van der Waals surface area contributed by atoms with E-state index < -0.39 is 0 Å². The Kier molecular flexibility index (Phi) is 4.34. The second-order valence-electron chi connectivity index (χ2n) is 7.91. The highest BCUT2D eigenvalue weighted by Gasteiger charge is 2.22. The minimum atomic E-state index is -0.309. The topological polar surface area (TPSA) is 91.6 Å². The number of halogens is 1. The van der Waals surface area contributed by atoms with Crippen molar-refractivity contribution in [3.63, 3.8) is 0 Å². The molecular formula is C24H17FN5O2S-. The van der Waals surface area contributed by atoms with E-state index in [0.29, 0.717) is 35.0 Å². The SMILES string of the molecule is Cc1c2c(=O)n(-c3nc4ccccc4s3)nc-2cc([O-])n1CCc1c[nH]c2ccc(F)cc12. The maximum absolute atomic E-state index is 13.7. The number of aryl methyl sites for hydroxylation is 1. The van der Waals surface area contributed by atoms with E-state index in [-0.39, 0.29) is 17.3 Å². The average Bonchev–Trinajstić information content (AvgIpc) is 3.48. The quantitative estimate of drug-likeness (QED) is 0.432. The smallest absolute Gasteiger partial charge is 0.284 e. The van der Waals surface area contributed by atoms with Gasteiger partial charge in [0.05, 0.1) is 21.5 Å². The number of aromatic amines is 1. The number of hydrogen-bond acceptors (Lipinski definition) is 5. The fraction of sp³-hybridized carbons (Fsp3) is 0.125. The van der Waals surface area contributed by atoms with E-state index in [1.54, 1.807) is 17.6 Å². The Morgan fingerprint density at radius 2 is 2.03 bits per heavy atom. The molecule has 0 unspecified atom stereocenters. The maximum Gasteiger partial charge on any atom is 0.284 e. The number of H-pyrrole nitrogens is 1. The van der Waals surface area contributed by atoms with E-state index in [4.69, 9.17) is 0 Å². The Balaban J connectivity index is 1.40. The van der Waals surface area contributed by atoms with E-state index in [1.807, 2.05) is 30.5 Å². The van der Waals surface area contributed by atoms with Gasteiger partial charge < -0.3 is 14.7 Å². The van der Waals surface area contributed by atoms with Crippen LogP contribution in [0.5, 0.6) is 5.88 Å². The molecule has 7 nitrogen and oxygen atoms in total. The Bertz CT molecular complexity index is 1660. The highest BCUT2D eigenvalue weighted by atomic mass is 32.1. The number of nitrogens with one attached hydrogen (secondary N) is 1. The third-order valence-corrected chi connectivity index (χ3v) is 6.97. The normalized spacial score (nSPS) is 11.8. The molecule has 0 amide bonds. The lowest BCUT2D eigenvalue weighted by molar-refractivity contribution is -0.279. The Labute approximate surface area is 190 Å². The first-order valence-corrected chi connectivity index (χ1v) is 11.2. The second kappa shape index (κ2) is 7.28. The number of rotatable bonds is 4. The lowest BCUT2D eigenvalue weighted by Crippen LogP contribution is -2.18. The van der Waals surface area contributed by atoms with Gasteiger partial charge in [-0.1, -0.05) is 23.5 Å². The summed E-state index contributed by atoms with van der Waals surface area (Å²) in [7, 11) is 0. The molecule has 6 rings (SSSR count). The van der Waals surface area contributed by atoms with Gasteiger partial charge in [0.2, 0.25) is 5.13 Å². The molecule has 0 radical (unpaired) electrons. The number of thiazole rings is 1. The molecule has 4 heterocycles. The molecule has 0 aliphatic carbocycles. The fourth-order valence-electron chi connectivity index (χ4n) is 4.30. The zero-order valence-electron chi connectivity index (χ0n) is 17.5. The number of para-hydroxylation sites is 1. The molecule has 1 N–H and O–H groups in total. The Morgan fingerprint density at radius 1 is 1.18 bits per heavy atom. The van der Waals surface area contributed by atoms with Gasteiger partial charge in [0.25, 0.3) is 5.56 Å². The Hall–Kier alpha value is -3.98. The number of pyridine rings is 1. The summed E-state index contributed by atoms with van der Waals surface area (Å²) < 4.78 is 17.5. The summed E-state index contributed by atoms with van der Waals surface area (Å²) in [6.07, 6.45) is 2.34. The van der Waals surface area contributed by atoms with Gasteiger partial charge in [-0.25, -0.2) is 9.37 Å². The van der Waals surface area contributed by atoms with Gasteiger partial charge in [0, 0.05) is 29.3 Å². The zero-order valence-corrected chi connectivity index (χ0v) is 18.3. The van der Waals surface area contributed by atoms with E-state index >= 15 is 0 Å². The minimum Gasteiger partial charge on any atom is -0.860 e. The summed E-state index contributed by atoms with van der Waals surface area (Å²) in [4.78, 5) is 20.9. The minimum absolute atomic E-state index is 0.236. The van der Waals surface area contributed by atoms with Crippen molar-refractivity contribution < 1.29 is 9.50 Å². The van der Waals surface area contributed by atoms with Crippen LogP contribution < -0.4 is 10.7 Å². The van der Waals surface area contributed by atoms with Gasteiger partial charge in [-0.05, 0) is 61.2 Å². The molecular weight excluding hydrogens is 441 g/mol. The third-order valence-electron chi connectivity index (χ3n) is 5.96. The predicted molar refractivity (Wildman–Crippen MR) is 124 cm³/mol. The molecule has 0 atom stereocenters. The number of hydrogen-bond donors (Lipinski definition) is 1. The third kappa shape index (κ3) is 3.12. The van der Waals surface area contributed by atoms with Crippen LogP contribution in [0.4, 0.5) is 4.39 Å². The molecule has 2 aromatic heterocycles. The summed E-state index contributed by atoms with van der Waals surface area (Å²) in [5.41, 5.74) is 3.55. The van der Waals surface area contributed by atoms with Crippen LogP contribution in [0.3, 0.4) is 0 Å². The summed E-state index contributed by atoms with van der Waals surface area (Å²) in [5, 5.41) is 18.5. The van der Waals surface area contributed by atoms with Crippen molar-refractivity contribution in [1.29, 1.82) is 0 Å². The van der Waals surface area contributed by atoms with Crippen molar-refractivity contribution in [3.8, 4) is 22.3 Å². The molecule has 0 fully saturated rings. The first-order valence-electron chi connectivity index (χ1n) is 10.4. The van der Waals surface area contributed by atoms with Crippen molar-refractivity contribution in [2.45, 2.75) is 19.9 Å². The summed E-state index contributed by atoms with van der Waals surface area (Å²) in [6, 6.07) is 13.6. The van der Waals surface area contributed by atoms with Crippen LogP contribution in [0, 0.1) is 12.7 Å². The van der Waals surface area contributed by atoms with E-state index in [2.05, 4.69) is 15.1 Å². The lowest BCUT2D eigenvalue weighted by Gasteiger charge is -2.22. The summed E-state index contributed by atoms with van der Waals surface area (Å²) >= 11 is 1.38. The van der Waals surface area contributed by atoms with E-state index in [0.717, 1.165) is 26.7 Å². The number of benzene rings is 2. The highest BCUT2D eigenvalue weighted by molar-refractivity contribution is 7.20. The van der Waals surface area contributed by atoms with Gasteiger partial charge in [-0.15, -0.1) is 0 Å². The molecule has 33 heavy (non-hydrogen) atoms. The first-order chi connectivity index (χ1) is 16.0. The van der Waals surface area contributed by atoms with Gasteiger partial charge in [0.1, 0.15) is 5.82 Å². The van der Waals surface area contributed by atoms with Crippen LogP contribution >= 0.6 is 11.3 Å². The van der Waals surface area contributed by atoms with Crippen LogP contribution in [-0.2, 0) is 13.0 Å². The summed E-state index contributed by atoms with van der Waals surface area (Å²) in [6.45, 7) is 2.11. The zero-order chi connectivity index (χ0) is 22.7. The lowest BCUT2D eigenvalue weighted by atomic mass is 10.1. The number of fused-ring (bicyclic) bond motifs is 3. The van der Waals surface area contributed by atoms with Crippen LogP contribution in [0.2, 0.25) is 0 Å². The number of aromatic nitrogens is 5. The number of nitrogens with zero attached hydrogens (tertiary/aromatic N) is 4. The molecule has 0 saturated carbocycles. The highest BCUT2D eigenvalue weighted by Crippen LogP contribution is 2.29. The monoisotopic (exact) mass is 458 g/mol. The van der Waals surface area contributed by atoms with Crippen LogP contribution in [0.25, 0.3) is 37.5 Å². The van der Waals surface area contributed by atoms with Crippen LogP contribution in [0.15, 0.2) is 59.5 Å². The average molecular weight is 458 g/mol. The van der Waals surface area contributed by atoms with E-state index in [1.165, 1.54) is 34.2 Å². The van der Waals surface area contributed by atoms with Crippen molar-refractivity contribution in [3.05, 3.63) is 82.2 Å². The van der Waals surface area contributed by atoms with Crippen LogP contribution in [0.1, 0.15) is 11.3 Å². The van der Waals surface area contributed by atoms with E-state index in [9.17, 15) is 14.3 Å². The molecule has 0 saturated heterocycles. The molecule has 2 aromatic carbocycles. The van der Waals surface area contributed by atoms with Gasteiger partial charge in [-0.2, -0.15) is 9.78 Å². The molecule has 164 valence electrons. The first kappa shape index (κ1) is 19.7. The standard InChI is InChI=1S/C24H18FN5O2S/c1-13-22-19(28-30(23(22)32)24-27-18-4-2-3-5-20(18)33-24)11-21(31)29(13)9-8-14-12-26-17-7-6-15(25)10-16(14)17/h2-7,10-12,26,31H,8-9H2,1H3/p-1. The second-order valence-corrected chi connectivity index (χ2v) is 8.92. The summed E-state index contributed by atoms with van der Waals surface area (Å²) in [5.74, 6) is -0.545. The van der Waals surface area contributed by atoms with Crippen molar-refractivity contribution in [1.82, 2.24) is 24.3 Å². The molecule has 0 bridgehead atoms. The molecule has 4 aromatic rings. The van der Waals surface area contributed by atoms with Gasteiger partial charge >= 0.3 is 0 Å².